The predicted molar refractivity (Wildman–Crippen MR) is 99.0 cm³/mol. The van der Waals surface area contributed by atoms with Gasteiger partial charge in [0.05, 0.1) is 14.9 Å². The molecule has 0 unspecified atom stereocenters. The second-order valence-electron chi connectivity index (χ2n) is 5.28. The Morgan fingerprint density at radius 3 is 2.48 bits per heavy atom. The van der Waals surface area contributed by atoms with E-state index in [2.05, 4.69) is 20.7 Å². The van der Waals surface area contributed by atoms with Crippen molar-refractivity contribution in [2.75, 3.05) is 0 Å². The van der Waals surface area contributed by atoms with Gasteiger partial charge in [-0.25, -0.2) is 0 Å². The van der Waals surface area contributed by atoms with Crippen molar-refractivity contribution in [3.8, 4) is 17.2 Å². The molecule has 3 rings (SSSR count). The van der Waals surface area contributed by atoms with E-state index < -0.39 is 0 Å². The van der Waals surface area contributed by atoms with Gasteiger partial charge in [0.15, 0.2) is 5.75 Å². The van der Waals surface area contributed by atoms with Crippen LogP contribution in [0.1, 0.15) is 19.3 Å². The summed E-state index contributed by atoms with van der Waals surface area (Å²) in [6, 6.07) is 8.99. The number of hydrogen-bond acceptors (Lipinski definition) is 4. The van der Waals surface area contributed by atoms with E-state index in [4.69, 9.17) is 27.9 Å². The van der Waals surface area contributed by atoms with Crippen LogP contribution in [0.25, 0.3) is 0 Å². The van der Waals surface area contributed by atoms with Gasteiger partial charge in [0, 0.05) is 10.5 Å². The van der Waals surface area contributed by atoms with Gasteiger partial charge in [0.2, 0.25) is 0 Å². The summed E-state index contributed by atoms with van der Waals surface area (Å²) in [5, 5.41) is 10.8. The largest absolute Gasteiger partial charge is 0.507 e. The van der Waals surface area contributed by atoms with E-state index in [9.17, 15) is 5.11 Å². The number of phenols is 1. The summed E-state index contributed by atoms with van der Waals surface area (Å²) in [7, 11) is 0. The van der Waals surface area contributed by atoms with Gasteiger partial charge in [0.1, 0.15) is 11.5 Å². The lowest BCUT2D eigenvalue weighted by Crippen LogP contribution is -2.29. The summed E-state index contributed by atoms with van der Waals surface area (Å²) in [4.78, 5) is 0.707. The molecule has 23 heavy (non-hydrogen) atoms. The standard InChI is InChI=1S/C16H14BrCl2NO2S/c17-9-6-12(18)16(13(19)7-9)22-11-4-5-14(21)15(8-11)23-20-10-2-1-3-10/h4-8,10,20-21H,1-3H2. The fourth-order valence-electron chi connectivity index (χ4n) is 2.06. The van der Waals surface area contributed by atoms with Gasteiger partial charge in [-0.2, -0.15) is 0 Å². The topological polar surface area (TPSA) is 41.5 Å². The van der Waals surface area contributed by atoms with Crippen molar-refractivity contribution in [3.05, 3.63) is 44.8 Å². The maximum atomic E-state index is 9.98. The van der Waals surface area contributed by atoms with Crippen molar-refractivity contribution < 1.29 is 9.84 Å². The van der Waals surface area contributed by atoms with Crippen molar-refractivity contribution >= 4 is 51.1 Å². The van der Waals surface area contributed by atoms with Crippen LogP contribution in [-0.4, -0.2) is 11.1 Å². The van der Waals surface area contributed by atoms with Crippen LogP contribution in [0.15, 0.2) is 39.7 Å². The van der Waals surface area contributed by atoms with E-state index in [-0.39, 0.29) is 5.75 Å². The van der Waals surface area contributed by atoms with Gasteiger partial charge in [0.25, 0.3) is 0 Å². The Morgan fingerprint density at radius 1 is 1.17 bits per heavy atom. The zero-order chi connectivity index (χ0) is 16.4. The molecular formula is C16H14BrCl2NO2S. The third-order valence-electron chi connectivity index (χ3n) is 3.55. The smallest absolute Gasteiger partial charge is 0.164 e. The minimum Gasteiger partial charge on any atom is -0.507 e. The molecule has 7 heteroatoms. The third-order valence-corrected chi connectivity index (χ3v) is 5.57. The number of hydrogen-bond donors (Lipinski definition) is 2. The van der Waals surface area contributed by atoms with Crippen LogP contribution in [-0.2, 0) is 0 Å². The molecule has 122 valence electrons. The van der Waals surface area contributed by atoms with Crippen LogP contribution in [0.2, 0.25) is 10.0 Å². The molecule has 0 heterocycles. The molecule has 1 saturated carbocycles. The van der Waals surface area contributed by atoms with Crippen LogP contribution >= 0.6 is 51.1 Å². The monoisotopic (exact) mass is 433 g/mol. The van der Waals surface area contributed by atoms with E-state index >= 15 is 0 Å². The molecular weight excluding hydrogens is 421 g/mol. The molecule has 0 atom stereocenters. The molecule has 2 N–H and O–H groups in total. The van der Waals surface area contributed by atoms with Crippen molar-refractivity contribution in [3.63, 3.8) is 0 Å². The Morgan fingerprint density at radius 2 is 1.87 bits per heavy atom. The Bertz CT molecular complexity index is 702. The second-order valence-corrected chi connectivity index (χ2v) is 7.89. The van der Waals surface area contributed by atoms with E-state index in [1.807, 2.05) is 0 Å². The number of phenolic OH excluding ortho intramolecular Hbond substituents is 1. The van der Waals surface area contributed by atoms with Gasteiger partial charge >= 0.3 is 0 Å². The van der Waals surface area contributed by atoms with Crippen LogP contribution in [0.5, 0.6) is 17.2 Å². The number of nitrogens with one attached hydrogen (secondary N) is 1. The Labute approximate surface area is 157 Å². The fourth-order valence-corrected chi connectivity index (χ4v) is 4.22. The lowest BCUT2D eigenvalue weighted by Gasteiger charge is -2.25. The van der Waals surface area contributed by atoms with Gasteiger partial charge in [-0.05, 0) is 55.1 Å². The molecule has 0 saturated heterocycles. The normalized spacial score (nSPS) is 14.6. The number of rotatable bonds is 5. The Hall–Kier alpha value is -0.590. The summed E-state index contributed by atoms with van der Waals surface area (Å²) in [5.41, 5.74) is 0. The average Bonchev–Trinajstić information content (AvgIpc) is 2.44. The lowest BCUT2D eigenvalue weighted by atomic mass is 9.94. The van der Waals surface area contributed by atoms with Gasteiger partial charge in [-0.15, -0.1) is 0 Å². The Kier molecular flexibility index (Phi) is 5.65. The molecule has 0 spiro atoms. The fraction of sp³-hybridized carbons (Fsp3) is 0.250. The van der Waals surface area contributed by atoms with E-state index in [1.165, 1.54) is 31.2 Å². The van der Waals surface area contributed by atoms with E-state index in [0.29, 0.717) is 32.5 Å². The minimum atomic E-state index is 0.210. The van der Waals surface area contributed by atoms with Crippen molar-refractivity contribution in [1.29, 1.82) is 0 Å². The number of benzene rings is 2. The first kappa shape index (κ1) is 17.2. The molecule has 0 bridgehead atoms. The van der Waals surface area contributed by atoms with Crippen LogP contribution < -0.4 is 9.46 Å². The minimum absolute atomic E-state index is 0.210. The summed E-state index contributed by atoms with van der Waals surface area (Å²) in [6.07, 6.45) is 3.61. The quantitative estimate of drug-likeness (QED) is 0.534. The maximum Gasteiger partial charge on any atom is 0.164 e. The molecule has 1 aliphatic carbocycles. The summed E-state index contributed by atoms with van der Waals surface area (Å²) < 4.78 is 9.92. The molecule has 0 radical (unpaired) electrons. The first-order chi connectivity index (χ1) is 11.0. The highest BCUT2D eigenvalue weighted by Crippen LogP contribution is 2.40. The van der Waals surface area contributed by atoms with Crippen molar-refractivity contribution in [2.45, 2.75) is 30.2 Å². The van der Waals surface area contributed by atoms with Crippen molar-refractivity contribution in [1.82, 2.24) is 4.72 Å². The molecule has 2 aromatic carbocycles. The molecule has 1 fully saturated rings. The van der Waals surface area contributed by atoms with E-state index in [1.54, 1.807) is 30.3 Å². The number of halogens is 3. The molecule has 3 nitrogen and oxygen atoms in total. The molecule has 0 amide bonds. The van der Waals surface area contributed by atoms with Crippen LogP contribution in [0.3, 0.4) is 0 Å². The summed E-state index contributed by atoms with van der Waals surface area (Å²) in [5.74, 6) is 1.17. The van der Waals surface area contributed by atoms with E-state index in [0.717, 1.165) is 4.47 Å². The zero-order valence-corrected chi connectivity index (χ0v) is 15.9. The first-order valence-corrected chi connectivity index (χ1v) is 9.47. The van der Waals surface area contributed by atoms with Gasteiger partial charge < -0.3 is 9.84 Å². The first-order valence-electron chi connectivity index (χ1n) is 7.10. The highest BCUT2D eigenvalue weighted by atomic mass is 79.9. The van der Waals surface area contributed by atoms with Crippen molar-refractivity contribution in [2.24, 2.45) is 0 Å². The summed E-state index contributed by atoms with van der Waals surface area (Å²) in [6.45, 7) is 0. The average molecular weight is 435 g/mol. The van der Waals surface area contributed by atoms with Gasteiger partial charge in [-0.3, -0.25) is 4.72 Å². The summed E-state index contributed by atoms with van der Waals surface area (Å²) >= 11 is 17.1. The SMILES string of the molecule is Oc1ccc(Oc2c(Cl)cc(Br)cc2Cl)cc1SNC1CCC1. The maximum absolute atomic E-state index is 9.98. The molecule has 2 aromatic rings. The lowest BCUT2D eigenvalue weighted by molar-refractivity contribution is 0.394. The molecule has 0 aromatic heterocycles. The number of aromatic hydroxyl groups is 1. The highest BCUT2D eigenvalue weighted by Gasteiger charge is 2.18. The third kappa shape index (κ3) is 4.28. The van der Waals surface area contributed by atoms with Crippen LogP contribution in [0.4, 0.5) is 0 Å². The number of ether oxygens (including phenoxy) is 1. The van der Waals surface area contributed by atoms with Crippen LogP contribution in [0, 0.1) is 0 Å². The highest BCUT2D eigenvalue weighted by molar-refractivity contribution is 9.10. The predicted octanol–water partition coefficient (Wildman–Crippen LogP) is 6.40. The zero-order valence-electron chi connectivity index (χ0n) is 12.0. The van der Waals surface area contributed by atoms with Gasteiger partial charge in [-0.1, -0.05) is 45.6 Å². The molecule has 1 aliphatic rings. The second kappa shape index (κ2) is 7.53. The molecule has 0 aliphatic heterocycles. The Balaban J connectivity index is 1.77.